The SMILES string of the molecule is CS(=O)CCCNC1CCc2cccnc21. The van der Waals surface area contributed by atoms with E-state index < -0.39 is 10.8 Å². The van der Waals surface area contributed by atoms with Gasteiger partial charge in [0.2, 0.25) is 0 Å². The summed E-state index contributed by atoms with van der Waals surface area (Å²) in [6, 6.07) is 4.56. The molecule has 3 nitrogen and oxygen atoms in total. The minimum absolute atomic E-state index is 0.404. The molecule has 0 bridgehead atoms. The third kappa shape index (κ3) is 2.89. The highest BCUT2D eigenvalue weighted by Gasteiger charge is 2.22. The van der Waals surface area contributed by atoms with Gasteiger partial charge in [0.25, 0.3) is 0 Å². The van der Waals surface area contributed by atoms with Crippen molar-refractivity contribution in [3.05, 3.63) is 29.6 Å². The van der Waals surface area contributed by atoms with E-state index in [9.17, 15) is 4.21 Å². The molecule has 2 atom stereocenters. The molecule has 2 unspecified atom stereocenters. The fraction of sp³-hybridized carbons (Fsp3) is 0.583. The molecule has 0 spiro atoms. The number of aromatic nitrogens is 1. The van der Waals surface area contributed by atoms with Crippen molar-refractivity contribution < 1.29 is 4.21 Å². The topological polar surface area (TPSA) is 42.0 Å². The second kappa shape index (κ2) is 5.55. The van der Waals surface area contributed by atoms with Gasteiger partial charge in [0.15, 0.2) is 0 Å². The summed E-state index contributed by atoms with van der Waals surface area (Å²) in [7, 11) is -0.669. The van der Waals surface area contributed by atoms with Gasteiger partial charge < -0.3 is 5.32 Å². The van der Waals surface area contributed by atoms with Crippen LogP contribution in [0.2, 0.25) is 0 Å². The molecule has 1 N–H and O–H groups in total. The van der Waals surface area contributed by atoms with Crippen molar-refractivity contribution in [1.29, 1.82) is 0 Å². The van der Waals surface area contributed by atoms with Gasteiger partial charge in [-0.2, -0.15) is 0 Å². The van der Waals surface area contributed by atoms with Crippen LogP contribution in [0.3, 0.4) is 0 Å². The monoisotopic (exact) mass is 238 g/mol. The average Bonchev–Trinajstić information content (AvgIpc) is 2.68. The van der Waals surface area contributed by atoms with Crippen molar-refractivity contribution in [2.45, 2.75) is 25.3 Å². The van der Waals surface area contributed by atoms with Gasteiger partial charge in [0.1, 0.15) is 0 Å². The molecule has 0 radical (unpaired) electrons. The number of hydrogen-bond donors (Lipinski definition) is 1. The van der Waals surface area contributed by atoms with E-state index >= 15 is 0 Å². The maximum absolute atomic E-state index is 10.9. The Hall–Kier alpha value is -0.740. The van der Waals surface area contributed by atoms with Gasteiger partial charge in [0, 0.05) is 29.0 Å². The van der Waals surface area contributed by atoms with Crippen LogP contribution in [0.15, 0.2) is 18.3 Å². The molecule has 0 fully saturated rings. The van der Waals surface area contributed by atoms with Crippen molar-refractivity contribution in [1.82, 2.24) is 10.3 Å². The van der Waals surface area contributed by atoms with Crippen LogP contribution in [0.25, 0.3) is 0 Å². The third-order valence-corrected chi connectivity index (χ3v) is 3.82. The molecule has 0 saturated heterocycles. The number of pyridine rings is 1. The zero-order valence-electron chi connectivity index (χ0n) is 9.61. The quantitative estimate of drug-likeness (QED) is 0.789. The highest BCUT2D eigenvalue weighted by atomic mass is 32.2. The third-order valence-electron chi connectivity index (χ3n) is 2.96. The lowest BCUT2D eigenvalue weighted by Crippen LogP contribution is -2.22. The standard InChI is InChI=1S/C12H18N2OS/c1-16(15)9-3-8-13-11-6-5-10-4-2-7-14-12(10)11/h2,4,7,11,13H,3,5-6,8-9H2,1H3. The summed E-state index contributed by atoms with van der Waals surface area (Å²) in [6.45, 7) is 0.931. The van der Waals surface area contributed by atoms with E-state index in [2.05, 4.69) is 16.4 Å². The Balaban J connectivity index is 1.82. The lowest BCUT2D eigenvalue weighted by Gasteiger charge is -2.12. The highest BCUT2D eigenvalue weighted by Crippen LogP contribution is 2.28. The normalized spacial score (nSPS) is 20.7. The maximum atomic E-state index is 10.9. The molecule has 1 heterocycles. The lowest BCUT2D eigenvalue weighted by atomic mass is 10.2. The van der Waals surface area contributed by atoms with Gasteiger partial charge in [-0.25, -0.2) is 0 Å². The van der Waals surface area contributed by atoms with Crippen molar-refractivity contribution in [2.24, 2.45) is 0 Å². The number of fused-ring (bicyclic) bond motifs is 1. The Morgan fingerprint density at radius 1 is 1.62 bits per heavy atom. The molecular weight excluding hydrogens is 220 g/mol. The van der Waals surface area contributed by atoms with E-state index in [0.717, 1.165) is 31.6 Å². The molecule has 0 aliphatic heterocycles. The first-order chi connectivity index (χ1) is 7.77. The summed E-state index contributed by atoms with van der Waals surface area (Å²) in [6.07, 6.45) is 6.86. The largest absolute Gasteiger partial charge is 0.309 e. The van der Waals surface area contributed by atoms with Crippen molar-refractivity contribution in [3.63, 3.8) is 0 Å². The summed E-state index contributed by atoms with van der Waals surface area (Å²) in [5.74, 6) is 0.787. The summed E-state index contributed by atoms with van der Waals surface area (Å²) >= 11 is 0. The summed E-state index contributed by atoms with van der Waals surface area (Å²) < 4.78 is 10.9. The molecule has 0 aromatic carbocycles. The van der Waals surface area contributed by atoms with Crippen molar-refractivity contribution >= 4 is 10.8 Å². The van der Waals surface area contributed by atoms with Crippen LogP contribution in [0.5, 0.6) is 0 Å². The van der Waals surface area contributed by atoms with E-state index in [4.69, 9.17) is 0 Å². The van der Waals surface area contributed by atoms with Gasteiger partial charge in [-0.15, -0.1) is 0 Å². The molecule has 16 heavy (non-hydrogen) atoms. The Bertz CT molecular complexity index is 381. The number of aryl methyl sites for hydroxylation is 1. The van der Waals surface area contributed by atoms with Crippen LogP contribution in [0, 0.1) is 0 Å². The molecule has 1 aromatic heterocycles. The molecule has 0 amide bonds. The molecule has 4 heteroatoms. The zero-order chi connectivity index (χ0) is 11.4. The van der Waals surface area contributed by atoms with Gasteiger partial charge in [0.05, 0.1) is 11.7 Å². The maximum Gasteiger partial charge on any atom is 0.0605 e. The van der Waals surface area contributed by atoms with Crippen LogP contribution in [-0.2, 0) is 17.2 Å². The second-order valence-corrected chi connectivity index (χ2v) is 5.78. The minimum atomic E-state index is -0.669. The Labute approximate surface area is 99.1 Å². The Morgan fingerprint density at radius 2 is 2.50 bits per heavy atom. The van der Waals surface area contributed by atoms with Crippen LogP contribution in [-0.4, -0.2) is 27.7 Å². The first-order valence-electron chi connectivity index (χ1n) is 5.74. The van der Waals surface area contributed by atoms with Gasteiger partial charge in [-0.1, -0.05) is 6.07 Å². The van der Waals surface area contributed by atoms with E-state index in [0.29, 0.717) is 6.04 Å². The van der Waals surface area contributed by atoms with E-state index in [1.165, 1.54) is 11.3 Å². The van der Waals surface area contributed by atoms with Crippen LogP contribution in [0.1, 0.15) is 30.1 Å². The van der Waals surface area contributed by atoms with Crippen LogP contribution in [0.4, 0.5) is 0 Å². The van der Waals surface area contributed by atoms with Crippen LogP contribution >= 0.6 is 0 Å². The Morgan fingerprint density at radius 3 is 3.31 bits per heavy atom. The molecule has 1 aliphatic rings. The highest BCUT2D eigenvalue weighted by molar-refractivity contribution is 7.84. The summed E-state index contributed by atoms with van der Waals surface area (Å²) in [5.41, 5.74) is 2.58. The molecule has 0 saturated carbocycles. The summed E-state index contributed by atoms with van der Waals surface area (Å²) in [4.78, 5) is 4.43. The van der Waals surface area contributed by atoms with E-state index in [1.807, 2.05) is 12.3 Å². The molecule has 1 aliphatic carbocycles. The number of nitrogens with one attached hydrogen (secondary N) is 1. The number of rotatable bonds is 5. The summed E-state index contributed by atoms with van der Waals surface area (Å²) in [5, 5.41) is 3.50. The molecular formula is C12H18N2OS. The Kier molecular flexibility index (Phi) is 4.07. The first kappa shape index (κ1) is 11.7. The number of nitrogens with zero attached hydrogens (tertiary/aromatic N) is 1. The lowest BCUT2D eigenvalue weighted by molar-refractivity contribution is 0.521. The van der Waals surface area contributed by atoms with Gasteiger partial charge in [-0.3, -0.25) is 9.19 Å². The average molecular weight is 238 g/mol. The van der Waals surface area contributed by atoms with Crippen LogP contribution < -0.4 is 5.32 Å². The smallest absolute Gasteiger partial charge is 0.0605 e. The first-order valence-corrected chi connectivity index (χ1v) is 7.47. The van der Waals surface area contributed by atoms with E-state index in [-0.39, 0.29) is 0 Å². The fourth-order valence-corrected chi connectivity index (χ4v) is 2.71. The van der Waals surface area contributed by atoms with Crippen molar-refractivity contribution in [2.75, 3.05) is 18.6 Å². The minimum Gasteiger partial charge on any atom is -0.309 e. The molecule has 88 valence electrons. The zero-order valence-corrected chi connectivity index (χ0v) is 10.4. The molecule has 2 rings (SSSR count). The predicted octanol–water partition coefficient (Wildman–Crippen LogP) is 1.43. The molecule has 1 aromatic rings. The van der Waals surface area contributed by atoms with Gasteiger partial charge >= 0.3 is 0 Å². The van der Waals surface area contributed by atoms with Gasteiger partial charge in [-0.05, 0) is 37.4 Å². The predicted molar refractivity (Wildman–Crippen MR) is 66.9 cm³/mol. The second-order valence-electron chi connectivity index (χ2n) is 4.22. The fourth-order valence-electron chi connectivity index (χ4n) is 2.16. The number of hydrogen-bond acceptors (Lipinski definition) is 3. The van der Waals surface area contributed by atoms with E-state index in [1.54, 1.807) is 6.26 Å². The van der Waals surface area contributed by atoms with Crippen molar-refractivity contribution in [3.8, 4) is 0 Å².